The van der Waals surface area contributed by atoms with Crippen LogP contribution in [-0.2, 0) is 13.0 Å². The Morgan fingerprint density at radius 2 is 2.18 bits per heavy atom. The Hall–Kier alpha value is -3.80. The zero-order valence-corrected chi connectivity index (χ0v) is 14.9. The molecule has 1 aliphatic rings. The Morgan fingerprint density at radius 1 is 1.39 bits per heavy atom. The molecule has 4 rings (SSSR count). The number of amides is 2. The molecule has 28 heavy (non-hydrogen) atoms. The molecule has 2 aromatic heterocycles. The number of urea groups is 1. The Kier molecular flexibility index (Phi) is 4.45. The van der Waals surface area contributed by atoms with E-state index in [1.54, 1.807) is 29.4 Å². The molecule has 1 N–H and O–H groups in total. The highest BCUT2D eigenvalue weighted by atomic mass is 19.1. The van der Waals surface area contributed by atoms with Crippen LogP contribution in [0.25, 0.3) is 11.5 Å². The van der Waals surface area contributed by atoms with Gasteiger partial charge in [-0.15, -0.1) is 0 Å². The minimum Gasteiger partial charge on any atom is -0.360 e. The van der Waals surface area contributed by atoms with Crippen LogP contribution in [0.1, 0.15) is 23.8 Å². The monoisotopic (exact) mass is 378 g/mol. The minimum absolute atomic E-state index is 0.130. The van der Waals surface area contributed by atoms with Crippen LogP contribution in [0.2, 0.25) is 0 Å². The number of nitriles is 1. The van der Waals surface area contributed by atoms with Crippen molar-refractivity contribution in [2.45, 2.75) is 25.9 Å². The molecule has 140 valence electrons. The second-order valence-electron chi connectivity index (χ2n) is 6.42. The largest absolute Gasteiger partial charge is 0.360 e. The number of hydrogen-bond donors (Lipinski definition) is 1. The van der Waals surface area contributed by atoms with Gasteiger partial charge in [0.25, 0.3) is 0 Å². The highest BCUT2D eigenvalue weighted by Crippen LogP contribution is 2.30. The first-order chi connectivity index (χ1) is 13.6. The van der Waals surface area contributed by atoms with Crippen molar-refractivity contribution in [2.75, 3.05) is 5.32 Å². The van der Waals surface area contributed by atoms with Gasteiger partial charge in [-0.3, -0.25) is 0 Å². The summed E-state index contributed by atoms with van der Waals surface area (Å²) in [5.41, 5.74) is 1.48. The molecule has 1 unspecified atom stereocenters. The molecule has 0 spiro atoms. The van der Waals surface area contributed by atoms with Gasteiger partial charge in [0.2, 0.25) is 0 Å². The quantitative estimate of drug-likeness (QED) is 0.734. The zero-order valence-electron chi connectivity index (χ0n) is 14.9. The fourth-order valence-electron chi connectivity index (χ4n) is 3.12. The number of fused-ring (bicyclic) bond motifs is 1. The van der Waals surface area contributed by atoms with E-state index in [1.165, 1.54) is 12.1 Å². The summed E-state index contributed by atoms with van der Waals surface area (Å²) in [5, 5.41) is 15.7. The number of rotatable bonds is 2. The van der Waals surface area contributed by atoms with E-state index in [-0.39, 0.29) is 24.2 Å². The molecule has 3 aromatic rings. The third-order valence-electron chi connectivity index (χ3n) is 4.59. The maximum Gasteiger partial charge on any atom is 0.322 e. The van der Waals surface area contributed by atoms with Crippen molar-refractivity contribution >= 4 is 11.7 Å². The molecule has 1 atom stereocenters. The molecular formula is C19H15FN6O2. The highest BCUT2D eigenvalue weighted by molar-refractivity contribution is 5.90. The normalized spacial score (nSPS) is 15.6. The second kappa shape index (κ2) is 7.08. The zero-order chi connectivity index (χ0) is 19.7. The topological polar surface area (TPSA) is 108 Å². The third-order valence-corrected chi connectivity index (χ3v) is 4.59. The van der Waals surface area contributed by atoms with E-state index in [0.717, 1.165) is 11.6 Å². The van der Waals surface area contributed by atoms with Crippen molar-refractivity contribution in [2.24, 2.45) is 0 Å². The summed E-state index contributed by atoms with van der Waals surface area (Å²) in [6.07, 6.45) is 3.72. The number of benzene rings is 1. The first-order valence-corrected chi connectivity index (χ1v) is 8.59. The van der Waals surface area contributed by atoms with Crippen molar-refractivity contribution in [1.29, 1.82) is 5.26 Å². The molecule has 0 aliphatic carbocycles. The lowest BCUT2D eigenvalue weighted by atomic mass is 10.0. The Labute approximate surface area is 159 Å². The number of nitrogens with zero attached hydrogens (tertiary/aromatic N) is 5. The molecule has 0 bridgehead atoms. The second-order valence-corrected chi connectivity index (χ2v) is 6.42. The van der Waals surface area contributed by atoms with Crippen LogP contribution in [-0.4, -0.2) is 32.1 Å². The summed E-state index contributed by atoms with van der Waals surface area (Å²) in [7, 11) is 0. The summed E-state index contributed by atoms with van der Waals surface area (Å²) in [5.74, 6) is 0.501. The summed E-state index contributed by atoms with van der Waals surface area (Å²) < 4.78 is 18.9. The predicted molar refractivity (Wildman–Crippen MR) is 96.4 cm³/mol. The minimum atomic E-state index is -0.631. The van der Waals surface area contributed by atoms with Crippen LogP contribution in [0.15, 0.2) is 41.2 Å². The van der Waals surface area contributed by atoms with E-state index in [0.29, 0.717) is 29.4 Å². The van der Waals surface area contributed by atoms with Crippen LogP contribution >= 0.6 is 0 Å². The lowest BCUT2D eigenvalue weighted by molar-refractivity contribution is 0.176. The van der Waals surface area contributed by atoms with Crippen LogP contribution in [0.5, 0.6) is 0 Å². The smallest absolute Gasteiger partial charge is 0.322 e. The molecule has 0 saturated carbocycles. The summed E-state index contributed by atoms with van der Waals surface area (Å²) in [6.45, 7) is 2.17. The standard InChI is InChI=1S/C19H15FN6O2/c1-11-7-16-14(17(25-28-16)18-22-5-2-6-23-18)10-26(11)19(27)24-13-3-4-15(20)12(8-13)9-21/h2-6,8,11H,7,10H2,1H3,(H,24,27). The Morgan fingerprint density at radius 3 is 2.93 bits per heavy atom. The molecule has 8 nitrogen and oxygen atoms in total. The average molecular weight is 378 g/mol. The van der Waals surface area contributed by atoms with E-state index in [4.69, 9.17) is 9.78 Å². The van der Waals surface area contributed by atoms with Gasteiger partial charge in [-0.2, -0.15) is 5.26 Å². The van der Waals surface area contributed by atoms with Gasteiger partial charge in [-0.05, 0) is 31.2 Å². The van der Waals surface area contributed by atoms with Crippen LogP contribution in [0.3, 0.4) is 0 Å². The summed E-state index contributed by atoms with van der Waals surface area (Å²) in [6, 6.07) is 6.82. The number of nitrogens with one attached hydrogen (secondary N) is 1. The van der Waals surface area contributed by atoms with E-state index >= 15 is 0 Å². The first-order valence-electron chi connectivity index (χ1n) is 8.59. The van der Waals surface area contributed by atoms with Gasteiger partial charge in [0, 0.05) is 36.1 Å². The maximum atomic E-state index is 13.5. The number of hydrogen-bond acceptors (Lipinski definition) is 6. The van der Waals surface area contributed by atoms with Gasteiger partial charge in [0.1, 0.15) is 17.6 Å². The number of aromatic nitrogens is 3. The summed E-state index contributed by atoms with van der Waals surface area (Å²) >= 11 is 0. The van der Waals surface area contributed by atoms with Crippen LogP contribution in [0, 0.1) is 17.1 Å². The molecule has 2 amide bonds. The average Bonchev–Trinajstić information content (AvgIpc) is 3.12. The van der Waals surface area contributed by atoms with Gasteiger partial charge in [0.15, 0.2) is 11.5 Å². The van der Waals surface area contributed by atoms with Crippen molar-refractivity contribution < 1.29 is 13.7 Å². The van der Waals surface area contributed by atoms with Crippen molar-refractivity contribution in [3.8, 4) is 17.6 Å². The fourth-order valence-corrected chi connectivity index (χ4v) is 3.12. The van der Waals surface area contributed by atoms with Gasteiger partial charge in [-0.25, -0.2) is 19.2 Å². The molecule has 1 aliphatic heterocycles. The lowest BCUT2D eigenvalue weighted by Gasteiger charge is -2.32. The van der Waals surface area contributed by atoms with Gasteiger partial charge in [-0.1, -0.05) is 5.16 Å². The molecule has 0 fully saturated rings. The fraction of sp³-hybridized carbons (Fsp3) is 0.211. The first kappa shape index (κ1) is 17.6. The summed E-state index contributed by atoms with van der Waals surface area (Å²) in [4.78, 5) is 22.8. The van der Waals surface area contributed by atoms with Gasteiger partial charge < -0.3 is 14.7 Å². The molecule has 1 aromatic carbocycles. The van der Waals surface area contributed by atoms with Gasteiger partial charge in [0.05, 0.1) is 12.1 Å². The number of carbonyl (C=O) groups is 1. The molecule has 9 heteroatoms. The Bertz CT molecular complexity index is 1080. The van der Waals surface area contributed by atoms with E-state index in [1.807, 2.05) is 6.92 Å². The van der Waals surface area contributed by atoms with E-state index in [2.05, 4.69) is 20.4 Å². The SMILES string of the molecule is CC1Cc2onc(-c3ncccn3)c2CN1C(=O)Nc1ccc(F)c(C#N)c1. The van der Waals surface area contributed by atoms with Crippen LogP contribution in [0.4, 0.5) is 14.9 Å². The van der Waals surface area contributed by atoms with Crippen molar-refractivity contribution in [3.63, 3.8) is 0 Å². The molecule has 0 radical (unpaired) electrons. The third kappa shape index (κ3) is 3.16. The number of anilines is 1. The number of carbonyl (C=O) groups excluding carboxylic acids is 1. The molecular weight excluding hydrogens is 363 g/mol. The lowest BCUT2D eigenvalue weighted by Crippen LogP contribution is -2.44. The Balaban J connectivity index is 1.58. The highest BCUT2D eigenvalue weighted by Gasteiger charge is 2.33. The van der Waals surface area contributed by atoms with Crippen molar-refractivity contribution in [1.82, 2.24) is 20.0 Å². The molecule has 3 heterocycles. The van der Waals surface area contributed by atoms with E-state index < -0.39 is 5.82 Å². The van der Waals surface area contributed by atoms with E-state index in [9.17, 15) is 9.18 Å². The number of halogens is 1. The van der Waals surface area contributed by atoms with Crippen LogP contribution < -0.4 is 5.32 Å². The molecule has 0 saturated heterocycles. The van der Waals surface area contributed by atoms with Crippen molar-refractivity contribution in [3.05, 3.63) is 59.4 Å². The maximum absolute atomic E-state index is 13.5. The predicted octanol–water partition coefficient (Wildman–Crippen LogP) is 3.12. The van der Waals surface area contributed by atoms with Gasteiger partial charge >= 0.3 is 6.03 Å².